The Morgan fingerprint density at radius 2 is 2.05 bits per heavy atom. The lowest BCUT2D eigenvalue weighted by Gasteiger charge is -2.20. The minimum absolute atomic E-state index is 0.510. The summed E-state index contributed by atoms with van der Waals surface area (Å²) in [5, 5.41) is 20.6. The van der Waals surface area contributed by atoms with Gasteiger partial charge in [0.05, 0.1) is 0 Å². The van der Waals surface area contributed by atoms with Crippen LogP contribution in [0.3, 0.4) is 0 Å². The van der Waals surface area contributed by atoms with Crippen molar-refractivity contribution in [1.29, 1.82) is 0 Å². The summed E-state index contributed by atoms with van der Waals surface area (Å²) >= 11 is 0. The zero-order valence-corrected chi connectivity index (χ0v) is 11.2. The van der Waals surface area contributed by atoms with Gasteiger partial charge in [-0.1, -0.05) is 24.3 Å². The van der Waals surface area contributed by atoms with Gasteiger partial charge in [0.1, 0.15) is 0 Å². The molecule has 0 aliphatic rings. The number of aromatic nitrogens is 4. The van der Waals surface area contributed by atoms with Crippen molar-refractivity contribution in [3.8, 4) is 0 Å². The molecule has 0 fully saturated rings. The molecule has 100 valence electrons. The summed E-state index contributed by atoms with van der Waals surface area (Å²) in [6, 6.07) is 7.90. The van der Waals surface area contributed by atoms with Gasteiger partial charge in [-0.25, -0.2) is 9.48 Å². The summed E-state index contributed by atoms with van der Waals surface area (Å²) in [6.45, 7) is 5.16. The molecule has 0 saturated carbocycles. The predicted molar refractivity (Wildman–Crippen MR) is 68.8 cm³/mol. The van der Waals surface area contributed by atoms with Crippen molar-refractivity contribution in [2.45, 2.75) is 32.7 Å². The van der Waals surface area contributed by atoms with Gasteiger partial charge in [0.25, 0.3) is 0 Å². The number of hydrogen-bond acceptors (Lipinski definition) is 4. The highest BCUT2D eigenvalue weighted by Gasteiger charge is 2.33. The summed E-state index contributed by atoms with van der Waals surface area (Å²) in [7, 11) is 0. The van der Waals surface area contributed by atoms with Gasteiger partial charge >= 0.3 is 5.97 Å². The average Bonchev–Trinajstić information content (AvgIpc) is 2.80. The second-order valence-electron chi connectivity index (χ2n) is 4.97. The molecule has 0 amide bonds. The van der Waals surface area contributed by atoms with Crippen LogP contribution in [-0.2, 0) is 16.8 Å². The Morgan fingerprint density at radius 1 is 1.37 bits per heavy atom. The Hall–Kier alpha value is -2.24. The van der Waals surface area contributed by atoms with E-state index in [-0.39, 0.29) is 0 Å². The van der Waals surface area contributed by atoms with Crippen LogP contribution < -0.4 is 0 Å². The second kappa shape index (κ2) is 4.79. The van der Waals surface area contributed by atoms with Gasteiger partial charge in [0.2, 0.25) is 0 Å². The zero-order chi connectivity index (χ0) is 14.0. The Balaban J connectivity index is 2.36. The fraction of sp³-hybridized carbons (Fsp3) is 0.385. The molecule has 19 heavy (non-hydrogen) atoms. The minimum atomic E-state index is -1.17. The largest absolute Gasteiger partial charge is 0.479 e. The molecule has 1 aromatic carbocycles. The van der Waals surface area contributed by atoms with Crippen LogP contribution in [0.4, 0.5) is 0 Å². The molecular formula is C13H16N4O2. The normalized spacial score (nSPS) is 11.5. The van der Waals surface area contributed by atoms with Crippen molar-refractivity contribution >= 4 is 5.97 Å². The zero-order valence-electron chi connectivity index (χ0n) is 11.2. The van der Waals surface area contributed by atoms with Crippen molar-refractivity contribution in [2.24, 2.45) is 0 Å². The Morgan fingerprint density at radius 3 is 2.68 bits per heavy atom. The second-order valence-corrected chi connectivity index (χ2v) is 4.97. The first-order valence-corrected chi connectivity index (χ1v) is 5.98. The number of carbonyl (C=O) groups is 1. The first kappa shape index (κ1) is 13.2. The van der Waals surface area contributed by atoms with Gasteiger partial charge in [-0.05, 0) is 42.3 Å². The Labute approximate surface area is 111 Å². The molecule has 1 N–H and O–H groups in total. The molecule has 1 heterocycles. The van der Waals surface area contributed by atoms with E-state index in [1.165, 1.54) is 4.68 Å². The third kappa shape index (κ3) is 2.47. The summed E-state index contributed by atoms with van der Waals surface area (Å²) in [6.07, 6.45) is 0.510. The molecule has 0 aliphatic carbocycles. The van der Waals surface area contributed by atoms with Gasteiger partial charge in [0.15, 0.2) is 11.4 Å². The topological polar surface area (TPSA) is 80.9 Å². The molecule has 0 saturated heterocycles. The molecule has 0 radical (unpaired) electrons. The number of nitrogens with zero attached hydrogens (tertiary/aromatic N) is 4. The fourth-order valence-corrected chi connectivity index (χ4v) is 1.82. The van der Waals surface area contributed by atoms with E-state index in [4.69, 9.17) is 0 Å². The number of rotatable bonds is 4. The van der Waals surface area contributed by atoms with Gasteiger partial charge in [-0.2, -0.15) is 0 Å². The van der Waals surface area contributed by atoms with Crippen LogP contribution in [0.15, 0.2) is 24.3 Å². The first-order chi connectivity index (χ1) is 8.93. The Bertz CT molecular complexity index is 604. The average molecular weight is 260 g/mol. The number of benzene rings is 1. The minimum Gasteiger partial charge on any atom is -0.479 e. The van der Waals surface area contributed by atoms with E-state index < -0.39 is 11.5 Å². The summed E-state index contributed by atoms with van der Waals surface area (Å²) in [5.41, 5.74) is 1.05. The van der Waals surface area contributed by atoms with E-state index in [0.29, 0.717) is 12.2 Å². The van der Waals surface area contributed by atoms with Gasteiger partial charge in [0, 0.05) is 6.42 Å². The van der Waals surface area contributed by atoms with E-state index in [2.05, 4.69) is 15.5 Å². The molecule has 0 unspecified atom stereocenters. The van der Waals surface area contributed by atoms with Gasteiger partial charge < -0.3 is 5.11 Å². The molecule has 6 nitrogen and oxygen atoms in total. The van der Waals surface area contributed by atoms with Crippen LogP contribution in [0, 0.1) is 6.92 Å². The van der Waals surface area contributed by atoms with E-state index >= 15 is 0 Å². The number of carboxylic acid groups (broad SMARTS) is 1. The molecule has 0 spiro atoms. The molecule has 2 rings (SSSR count). The van der Waals surface area contributed by atoms with Crippen LogP contribution >= 0.6 is 0 Å². The van der Waals surface area contributed by atoms with E-state index in [0.717, 1.165) is 11.1 Å². The lowest BCUT2D eigenvalue weighted by atomic mass is 10.0. The van der Waals surface area contributed by atoms with Crippen molar-refractivity contribution in [3.63, 3.8) is 0 Å². The van der Waals surface area contributed by atoms with Crippen LogP contribution in [0.5, 0.6) is 0 Å². The van der Waals surface area contributed by atoms with Crippen molar-refractivity contribution in [3.05, 3.63) is 41.2 Å². The van der Waals surface area contributed by atoms with Crippen molar-refractivity contribution in [1.82, 2.24) is 20.2 Å². The number of aryl methyl sites for hydroxylation is 1. The van der Waals surface area contributed by atoms with Gasteiger partial charge in [-0.15, -0.1) is 5.10 Å². The van der Waals surface area contributed by atoms with Crippen LogP contribution in [0.25, 0.3) is 0 Å². The molecule has 0 bridgehead atoms. The first-order valence-electron chi connectivity index (χ1n) is 5.98. The van der Waals surface area contributed by atoms with Crippen LogP contribution in [-0.4, -0.2) is 31.3 Å². The van der Waals surface area contributed by atoms with E-state index in [1.54, 1.807) is 13.8 Å². The van der Waals surface area contributed by atoms with Crippen molar-refractivity contribution < 1.29 is 9.90 Å². The Kier molecular flexibility index (Phi) is 3.33. The summed E-state index contributed by atoms with van der Waals surface area (Å²) in [4.78, 5) is 11.3. The number of aliphatic carboxylic acids is 1. The summed E-state index contributed by atoms with van der Waals surface area (Å²) < 4.78 is 1.36. The maximum atomic E-state index is 11.3. The quantitative estimate of drug-likeness (QED) is 0.898. The molecular weight excluding hydrogens is 244 g/mol. The molecule has 6 heteroatoms. The van der Waals surface area contributed by atoms with Gasteiger partial charge in [-0.3, -0.25) is 0 Å². The third-order valence-electron chi connectivity index (χ3n) is 3.20. The third-order valence-corrected chi connectivity index (χ3v) is 3.20. The lowest BCUT2D eigenvalue weighted by Crippen LogP contribution is -2.38. The molecule has 1 aromatic heterocycles. The summed E-state index contributed by atoms with van der Waals surface area (Å²) in [5.74, 6) is -0.424. The van der Waals surface area contributed by atoms with E-state index in [9.17, 15) is 9.90 Å². The molecule has 2 aromatic rings. The standard InChI is InChI=1S/C13H16N4O2/c1-9-6-4-5-7-10(9)8-11-14-15-16-17(11)13(2,3)12(18)19/h4-7H,8H2,1-3H3,(H,18,19). The lowest BCUT2D eigenvalue weighted by molar-refractivity contribution is -0.146. The highest BCUT2D eigenvalue weighted by atomic mass is 16.4. The van der Waals surface area contributed by atoms with Crippen molar-refractivity contribution in [2.75, 3.05) is 0 Å². The monoisotopic (exact) mass is 260 g/mol. The molecule has 0 atom stereocenters. The predicted octanol–water partition coefficient (Wildman–Crippen LogP) is 1.39. The van der Waals surface area contributed by atoms with Crippen LogP contribution in [0.1, 0.15) is 30.8 Å². The molecule has 0 aliphatic heterocycles. The maximum absolute atomic E-state index is 11.3. The highest BCUT2D eigenvalue weighted by Crippen LogP contribution is 2.18. The number of hydrogen-bond donors (Lipinski definition) is 1. The highest BCUT2D eigenvalue weighted by molar-refractivity contribution is 5.75. The smallest absolute Gasteiger partial charge is 0.331 e. The fourth-order valence-electron chi connectivity index (χ4n) is 1.82. The number of carboxylic acids is 1. The maximum Gasteiger partial charge on any atom is 0.331 e. The number of tetrazole rings is 1. The SMILES string of the molecule is Cc1ccccc1Cc1nnnn1C(C)(C)C(=O)O. The van der Waals surface area contributed by atoms with Crippen LogP contribution in [0.2, 0.25) is 0 Å². The van der Waals surface area contributed by atoms with E-state index in [1.807, 2.05) is 31.2 Å².